The Bertz CT molecular complexity index is 848. The highest BCUT2D eigenvalue weighted by Crippen LogP contribution is 2.23. The molecule has 138 valence electrons. The number of amides is 1. The van der Waals surface area contributed by atoms with E-state index in [4.69, 9.17) is 5.11 Å². The van der Waals surface area contributed by atoms with E-state index in [1.165, 1.54) is 4.31 Å². The fourth-order valence-electron chi connectivity index (χ4n) is 2.85. The molecule has 3 rings (SSSR count). The van der Waals surface area contributed by atoms with E-state index in [0.717, 1.165) is 12.4 Å². The molecular formula is C17H20N4O4S. The molecule has 1 aromatic carbocycles. The Morgan fingerprint density at radius 2 is 1.77 bits per heavy atom. The van der Waals surface area contributed by atoms with Gasteiger partial charge in [0.05, 0.1) is 17.3 Å². The quantitative estimate of drug-likeness (QED) is 0.805. The van der Waals surface area contributed by atoms with E-state index < -0.39 is 15.9 Å². The number of carbonyl (C=O) groups is 1. The predicted molar refractivity (Wildman–Crippen MR) is 94.0 cm³/mol. The molecule has 0 saturated carbocycles. The van der Waals surface area contributed by atoms with E-state index in [9.17, 15) is 13.2 Å². The van der Waals surface area contributed by atoms with Crippen molar-refractivity contribution in [2.24, 2.45) is 5.92 Å². The topological polar surface area (TPSA) is 112 Å². The SMILES string of the molecule is O=C(NCC1CCN(S(=O)(=O)c2ccccc2)CC1)c1ncc(O)cn1. The molecule has 1 aliphatic heterocycles. The number of aromatic nitrogens is 2. The van der Waals surface area contributed by atoms with Crippen LogP contribution in [0.3, 0.4) is 0 Å². The van der Waals surface area contributed by atoms with Crippen LogP contribution in [0.1, 0.15) is 23.5 Å². The van der Waals surface area contributed by atoms with Crippen LogP contribution >= 0.6 is 0 Å². The number of hydrogen-bond donors (Lipinski definition) is 2. The van der Waals surface area contributed by atoms with Crippen molar-refractivity contribution >= 4 is 15.9 Å². The molecule has 0 radical (unpaired) electrons. The van der Waals surface area contributed by atoms with Gasteiger partial charge in [-0.3, -0.25) is 4.79 Å². The van der Waals surface area contributed by atoms with Crippen molar-refractivity contribution in [1.82, 2.24) is 19.6 Å². The molecule has 1 aliphatic rings. The van der Waals surface area contributed by atoms with Gasteiger partial charge in [-0.2, -0.15) is 4.31 Å². The maximum atomic E-state index is 12.6. The zero-order chi connectivity index (χ0) is 18.6. The lowest BCUT2D eigenvalue weighted by atomic mass is 9.98. The lowest BCUT2D eigenvalue weighted by Gasteiger charge is -2.31. The van der Waals surface area contributed by atoms with Crippen LogP contribution in [0, 0.1) is 5.92 Å². The summed E-state index contributed by atoms with van der Waals surface area (Å²) in [6.07, 6.45) is 3.66. The van der Waals surface area contributed by atoms with Gasteiger partial charge in [-0.05, 0) is 30.9 Å². The van der Waals surface area contributed by atoms with Crippen molar-refractivity contribution < 1.29 is 18.3 Å². The van der Waals surface area contributed by atoms with Crippen LogP contribution < -0.4 is 5.32 Å². The summed E-state index contributed by atoms with van der Waals surface area (Å²) in [7, 11) is -3.46. The summed E-state index contributed by atoms with van der Waals surface area (Å²) in [5.41, 5.74) is 0. The molecule has 2 heterocycles. The normalized spacial score (nSPS) is 16.3. The first-order valence-corrected chi connectivity index (χ1v) is 9.75. The maximum Gasteiger partial charge on any atom is 0.289 e. The molecule has 0 bridgehead atoms. The van der Waals surface area contributed by atoms with Gasteiger partial charge in [0.1, 0.15) is 0 Å². The lowest BCUT2D eigenvalue weighted by Crippen LogP contribution is -2.41. The van der Waals surface area contributed by atoms with Crippen molar-refractivity contribution in [2.45, 2.75) is 17.7 Å². The van der Waals surface area contributed by atoms with E-state index in [1.54, 1.807) is 30.3 Å². The molecule has 2 aromatic rings. The minimum Gasteiger partial charge on any atom is -0.505 e. The van der Waals surface area contributed by atoms with Crippen LogP contribution in [0.25, 0.3) is 0 Å². The Morgan fingerprint density at radius 1 is 1.15 bits per heavy atom. The maximum absolute atomic E-state index is 12.6. The van der Waals surface area contributed by atoms with Crippen molar-refractivity contribution in [3.8, 4) is 5.75 Å². The number of nitrogens with zero attached hydrogens (tertiary/aromatic N) is 3. The molecule has 9 heteroatoms. The molecule has 2 N–H and O–H groups in total. The molecule has 26 heavy (non-hydrogen) atoms. The number of aromatic hydroxyl groups is 1. The Balaban J connectivity index is 1.51. The number of sulfonamides is 1. The zero-order valence-corrected chi connectivity index (χ0v) is 14.9. The average molecular weight is 376 g/mol. The summed E-state index contributed by atoms with van der Waals surface area (Å²) in [5.74, 6) is -0.330. The number of carbonyl (C=O) groups excluding carboxylic acids is 1. The van der Waals surface area contributed by atoms with Gasteiger partial charge in [0.25, 0.3) is 5.91 Å². The van der Waals surface area contributed by atoms with E-state index in [-0.39, 0.29) is 17.5 Å². The highest BCUT2D eigenvalue weighted by atomic mass is 32.2. The second-order valence-electron chi connectivity index (χ2n) is 6.14. The largest absolute Gasteiger partial charge is 0.505 e. The molecule has 1 saturated heterocycles. The molecule has 1 aromatic heterocycles. The average Bonchev–Trinajstić information content (AvgIpc) is 2.67. The smallest absolute Gasteiger partial charge is 0.289 e. The molecule has 0 unspecified atom stereocenters. The number of nitrogens with one attached hydrogen (secondary N) is 1. The standard InChI is InChI=1S/C17H20N4O4S/c22-14-11-18-16(19-12-14)17(23)20-10-13-6-8-21(9-7-13)26(24,25)15-4-2-1-3-5-15/h1-5,11-13,22H,6-10H2,(H,20,23). The van der Waals surface area contributed by atoms with Crippen molar-refractivity contribution in [2.75, 3.05) is 19.6 Å². The van der Waals surface area contributed by atoms with Gasteiger partial charge >= 0.3 is 0 Å². The molecule has 0 spiro atoms. The number of hydrogen-bond acceptors (Lipinski definition) is 6. The van der Waals surface area contributed by atoms with Gasteiger partial charge < -0.3 is 10.4 Å². The molecular weight excluding hydrogens is 356 g/mol. The van der Waals surface area contributed by atoms with Crippen molar-refractivity contribution in [3.05, 3.63) is 48.5 Å². The third-order valence-electron chi connectivity index (χ3n) is 4.35. The third kappa shape index (κ3) is 4.17. The summed E-state index contributed by atoms with van der Waals surface area (Å²) in [6, 6.07) is 8.39. The first-order chi connectivity index (χ1) is 12.5. The van der Waals surface area contributed by atoms with Gasteiger partial charge in [-0.1, -0.05) is 18.2 Å². The van der Waals surface area contributed by atoms with E-state index in [2.05, 4.69) is 15.3 Å². The second-order valence-corrected chi connectivity index (χ2v) is 8.07. The first kappa shape index (κ1) is 18.3. The monoisotopic (exact) mass is 376 g/mol. The van der Waals surface area contributed by atoms with E-state index >= 15 is 0 Å². The summed E-state index contributed by atoms with van der Waals surface area (Å²) in [4.78, 5) is 19.8. The van der Waals surface area contributed by atoms with Crippen LogP contribution in [0.4, 0.5) is 0 Å². The minimum atomic E-state index is -3.46. The highest BCUT2D eigenvalue weighted by molar-refractivity contribution is 7.89. The number of piperidine rings is 1. The first-order valence-electron chi connectivity index (χ1n) is 8.31. The highest BCUT2D eigenvalue weighted by Gasteiger charge is 2.29. The fraction of sp³-hybridized carbons (Fsp3) is 0.353. The van der Waals surface area contributed by atoms with Crippen molar-refractivity contribution in [3.63, 3.8) is 0 Å². The van der Waals surface area contributed by atoms with Crippen LogP contribution in [0.15, 0.2) is 47.6 Å². The summed E-state index contributed by atoms with van der Waals surface area (Å²) < 4.78 is 26.7. The van der Waals surface area contributed by atoms with E-state index in [1.807, 2.05) is 0 Å². The number of benzene rings is 1. The molecule has 1 amide bonds. The molecule has 8 nitrogen and oxygen atoms in total. The Labute approximate surface area is 152 Å². The van der Waals surface area contributed by atoms with Crippen LogP contribution in [0.5, 0.6) is 5.75 Å². The predicted octanol–water partition coefficient (Wildman–Crippen LogP) is 1.01. The van der Waals surface area contributed by atoms with Crippen LogP contribution in [-0.4, -0.2) is 53.3 Å². The van der Waals surface area contributed by atoms with Gasteiger partial charge in [-0.15, -0.1) is 0 Å². The van der Waals surface area contributed by atoms with Gasteiger partial charge in [0.2, 0.25) is 15.8 Å². The molecule has 1 fully saturated rings. The fourth-order valence-corrected chi connectivity index (χ4v) is 4.34. The van der Waals surface area contributed by atoms with Gasteiger partial charge in [0, 0.05) is 19.6 Å². The summed E-state index contributed by atoms with van der Waals surface area (Å²) in [5, 5.41) is 11.9. The third-order valence-corrected chi connectivity index (χ3v) is 6.26. The Hall–Kier alpha value is -2.52. The second kappa shape index (κ2) is 7.79. The molecule has 0 aliphatic carbocycles. The molecule has 0 atom stereocenters. The Morgan fingerprint density at radius 3 is 2.38 bits per heavy atom. The summed E-state index contributed by atoms with van der Waals surface area (Å²) >= 11 is 0. The number of rotatable bonds is 5. The lowest BCUT2D eigenvalue weighted by molar-refractivity contribution is 0.0931. The van der Waals surface area contributed by atoms with Crippen LogP contribution in [0.2, 0.25) is 0 Å². The Kier molecular flexibility index (Phi) is 5.48. The van der Waals surface area contributed by atoms with Crippen LogP contribution in [-0.2, 0) is 10.0 Å². The summed E-state index contributed by atoms with van der Waals surface area (Å²) in [6.45, 7) is 1.28. The van der Waals surface area contributed by atoms with Gasteiger partial charge in [-0.25, -0.2) is 18.4 Å². The zero-order valence-electron chi connectivity index (χ0n) is 14.1. The minimum absolute atomic E-state index is 0.00751. The van der Waals surface area contributed by atoms with Crippen molar-refractivity contribution in [1.29, 1.82) is 0 Å². The van der Waals surface area contributed by atoms with Gasteiger partial charge in [0.15, 0.2) is 5.75 Å². The van der Waals surface area contributed by atoms with E-state index in [0.29, 0.717) is 37.4 Å².